The molecule has 0 aliphatic rings. The first-order valence-electron chi connectivity index (χ1n) is 5.29. The first kappa shape index (κ1) is 11.8. The van der Waals surface area contributed by atoms with Gasteiger partial charge in [-0.3, -0.25) is 0 Å². The highest BCUT2D eigenvalue weighted by Crippen LogP contribution is 2.30. The summed E-state index contributed by atoms with van der Waals surface area (Å²) in [6.45, 7) is 1.99. The number of nitrogens with zero attached hydrogens (tertiary/aromatic N) is 3. The summed E-state index contributed by atoms with van der Waals surface area (Å²) in [6, 6.07) is 8.85. The molecule has 1 heterocycles. The summed E-state index contributed by atoms with van der Waals surface area (Å²) >= 11 is 0. The van der Waals surface area contributed by atoms with Gasteiger partial charge in [0.2, 0.25) is 0 Å². The second kappa shape index (κ2) is 4.70. The van der Waals surface area contributed by atoms with Crippen LogP contribution in [0.4, 0.5) is 23.0 Å². The Kier molecular flexibility index (Phi) is 3.09. The third-order valence-corrected chi connectivity index (χ3v) is 2.35. The molecule has 0 saturated carbocycles. The van der Waals surface area contributed by atoms with E-state index in [0.717, 1.165) is 5.56 Å². The molecule has 1 aromatic heterocycles. The molecule has 0 saturated heterocycles. The maximum absolute atomic E-state index is 9.41. The molecule has 5 N–H and O–H groups in total. The van der Waals surface area contributed by atoms with Crippen LogP contribution < -0.4 is 11.5 Å². The number of hydrogen-bond donors (Lipinski definition) is 3. The van der Waals surface area contributed by atoms with E-state index in [0.29, 0.717) is 5.69 Å². The van der Waals surface area contributed by atoms with Crippen molar-refractivity contribution in [3.63, 3.8) is 0 Å². The number of aryl methyl sites for hydroxylation is 1. The molecule has 18 heavy (non-hydrogen) atoms. The summed E-state index contributed by atoms with van der Waals surface area (Å²) in [5, 5.41) is 17.3. The molecule has 0 amide bonds. The van der Waals surface area contributed by atoms with Gasteiger partial charge in [0.15, 0.2) is 17.4 Å². The zero-order valence-corrected chi connectivity index (χ0v) is 9.83. The van der Waals surface area contributed by atoms with Crippen molar-refractivity contribution in [3.05, 3.63) is 35.9 Å². The van der Waals surface area contributed by atoms with Crippen molar-refractivity contribution in [1.82, 2.24) is 4.98 Å². The van der Waals surface area contributed by atoms with Crippen LogP contribution in [0, 0.1) is 6.92 Å². The van der Waals surface area contributed by atoms with E-state index in [-0.39, 0.29) is 23.1 Å². The van der Waals surface area contributed by atoms with Crippen LogP contribution in [-0.2, 0) is 0 Å². The number of aromatic nitrogens is 1. The summed E-state index contributed by atoms with van der Waals surface area (Å²) in [4.78, 5) is 3.75. The lowest BCUT2D eigenvalue weighted by atomic mass is 10.2. The lowest BCUT2D eigenvalue weighted by molar-refractivity contribution is 0.476. The Morgan fingerprint density at radius 3 is 2.39 bits per heavy atom. The summed E-state index contributed by atoms with van der Waals surface area (Å²) in [7, 11) is 0. The molecule has 6 heteroatoms. The number of aromatic hydroxyl groups is 1. The molecule has 1 aromatic carbocycles. The second-order valence-corrected chi connectivity index (χ2v) is 3.83. The van der Waals surface area contributed by atoms with Crippen LogP contribution in [0.3, 0.4) is 0 Å². The average molecular weight is 243 g/mol. The van der Waals surface area contributed by atoms with Crippen molar-refractivity contribution < 1.29 is 5.11 Å². The molecule has 0 unspecified atom stereocenters. The monoisotopic (exact) mass is 243 g/mol. The molecule has 0 radical (unpaired) electrons. The normalized spacial score (nSPS) is 10.9. The number of nitrogens with two attached hydrogens (primary N) is 2. The molecule has 0 spiro atoms. The van der Waals surface area contributed by atoms with E-state index in [1.165, 1.54) is 6.07 Å². The Hall–Kier alpha value is -2.63. The van der Waals surface area contributed by atoms with Crippen LogP contribution >= 0.6 is 0 Å². The van der Waals surface area contributed by atoms with E-state index < -0.39 is 0 Å². The highest BCUT2D eigenvalue weighted by atomic mass is 16.3. The molecule has 0 fully saturated rings. The minimum absolute atomic E-state index is 0.0261. The Morgan fingerprint density at radius 2 is 1.72 bits per heavy atom. The number of pyridine rings is 1. The van der Waals surface area contributed by atoms with Gasteiger partial charge in [0.1, 0.15) is 5.69 Å². The van der Waals surface area contributed by atoms with Gasteiger partial charge in [0.25, 0.3) is 0 Å². The van der Waals surface area contributed by atoms with Crippen LogP contribution in [0.25, 0.3) is 0 Å². The molecular weight excluding hydrogens is 230 g/mol. The van der Waals surface area contributed by atoms with E-state index in [4.69, 9.17) is 11.5 Å². The number of azo groups is 1. The molecule has 2 aromatic rings. The van der Waals surface area contributed by atoms with Crippen LogP contribution in [-0.4, -0.2) is 10.1 Å². The average Bonchev–Trinajstić information content (AvgIpc) is 2.34. The first-order valence-corrected chi connectivity index (χ1v) is 5.29. The predicted molar refractivity (Wildman–Crippen MR) is 70.1 cm³/mol. The van der Waals surface area contributed by atoms with Gasteiger partial charge in [-0.1, -0.05) is 17.7 Å². The molecule has 0 bridgehead atoms. The van der Waals surface area contributed by atoms with E-state index in [1.54, 1.807) is 0 Å². The number of hydrogen-bond acceptors (Lipinski definition) is 6. The summed E-state index contributed by atoms with van der Waals surface area (Å²) in [5.41, 5.74) is 13.1. The van der Waals surface area contributed by atoms with Crippen LogP contribution in [0.2, 0.25) is 0 Å². The van der Waals surface area contributed by atoms with Crippen molar-refractivity contribution in [2.75, 3.05) is 11.5 Å². The largest absolute Gasteiger partial charge is 0.504 e. The third kappa shape index (κ3) is 2.54. The summed E-state index contributed by atoms with van der Waals surface area (Å²) in [6.07, 6.45) is 0. The van der Waals surface area contributed by atoms with Crippen LogP contribution in [0.1, 0.15) is 5.56 Å². The highest BCUT2D eigenvalue weighted by molar-refractivity contribution is 5.65. The fraction of sp³-hybridized carbons (Fsp3) is 0.0833. The number of rotatable bonds is 2. The Bertz CT molecular complexity index is 592. The maximum Gasteiger partial charge on any atom is 0.168 e. The Morgan fingerprint density at radius 1 is 1.06 bits per heavy atom. The van der Waals surface area contributed by atoms with Crippen molar-refractivity contribution in [3.8, 4) is 5.75 Å². The lowest BCUT2D eigenvalue weighted by Gasteiger charge is -2.02. The molecule has 0 atom stereocenters. The second-order valence-electron chi connectivity index (χ2n) is 3.83. The summed E-state index contributed by atoms with van der Waals surface area (Å²) < 4.78 is 0. The minimum Gasteiger partial charge on any atom is -0.504 e. The molecule has 2 rings (SSSR count). The Balaban J connectivity index is 2.28. The first-order chi connectivity index (χ1) is 8.56. The van der Waals surface area contributed by atoms with Gasteiger partial charge in [0, 0.05) is 6.07 Å². The zero-order chi connectivity index (χ0) is 13.1. The SMILES string of the molecule is Cc1ccc(N=Nc2cc(O)c(N)nc2N)cc1. The number of nitrogen functional groups attached to an aromatic ring is 2. The van der Waals surface area contributed by atoms with Gasteiger partial charge >= 0.3 is 0 Å². The maximum atomic E-state index is 9.41. The smallest absolute Gasteiger partial charge is 0.168 e. The van der Waals surface area contributed by atoms with Gasteiger partial charge in [0.05, 0.1) is 5.69 Å². The zero-order valence-electron chi connectivity index (χ0n) is 9.83. The van der Waals surface area contributed by atoms with E-state index in [2.05, 4.69) is 15.2 Å². The van der Waals surface area contributed by atoms with Gasteiger partial charge in [-0.15, -0.1) is 5.11 Å². The van der Waals surface area contributed by atoms with Crippen molar-refractivity contribution in [1.29, 1.82) is 0 Å². The van der Waals surface area contributed by atoms with Gasteiger partial charge in [-0.25, -0.2) is 4.98 Å². The minimum atomic E-state index is -0.165. The molecular formula is C12H13N5O. The van der Waals surface area contributed by atoms with E-state index >= 15 is 0 Å². The van der Waals surface area contributed by atoms with E-state index in [9.17, 15) is 5.11 Å². The molecule has 0 aliphatic carbocycles. The topological polar surface area (TPSA) is 110 Å². The van der Waals surface area contributed by atoms with Crippen LogP contribution in [0.15, 0.2) is 40.6 Å². The number of anilines is 2. The quantitative estimate of drug-likeness (QED) is 0.704. The predicted octanol–water partition coefficient (Wildman–Crippen LogP) is 2.68. The van der Waals surface area contributed by atoms with Gasteiger partial charge in [-0.2, -0.15) is 5.11 Å². The van der Waals surface area contributed by atoms with Crippen molar-refractivity contribution >= 4 is 23.0 Å². The van der Waals surface area contributed by atoms with Gasteiger partial charge in [-0.05, 0) is 19.1 Å². The fourth-order valence-corrected chi connectivity index (χ4v) is 1.32. The number of benzene rings is 1. The molecule has 6 nitrogen and oxygen atoms in total. The molecule has 92 valence electrons. The van der Waals surface area contributed by atoms with Crippen molar-refractivity contribution in [2.24, 2.45) is 10.2 Å². The standard InChI is InChI=1S/C12H13N5O/c1-7-2-4-8(5-3-7)16-17-9-6-10(18)12(14)15-11(9)13/h2-6,18H,1H3,(H4,13,14,15). The van der Waals surface area contributed by atoms with Crippen molar-refractivity contribution in [2.45, 2.75) is 6.92 Å². The Labute approximate surface area is 104 Å². The highest BCUT2D eigenvalue weighted by Gasteiger charge is 2.05. The van der Waals surface area contributed by atoms with Crippen LogP contribution in [0.5, 0.6) is 5.75 Å². The molecule has 0 aliphatic heterocycles. The van der Waals surface area contributed by atoms with Gasteiger partial charge < -0.3 is 16.6 Å². The third-order valence-electron chi connectivity index (χ3n) is 2.35. The van der Waals surface area contributed by atoms with E-state index in [1.807, 2.05) is 31.2 Å². The fourth-order valence-electron chi connectivity index (χ4n) is 1.32. The lowest BCUT2D eigenvalue weighted by Crippen LogP contribution is -1.96. The summed E-state index contributed by atoms with van der Waals surface area (Å²) in [5.74, 6) is -0.0648.